The summed E-state index contributed by atoms with van der Waals surface area (Å²) in [6.45, 7) is 2.95. The van der Waals surface area contributed by atoms with E-state index in [1.165, 1.54) is 25.0 Å². The van der Waals surface area contributed by atoms with Crippen LogP contribution in [0.2, 0.25) is 0 Å². The fourth-order valence-corrected chi connectivity index (χ4v) is 3.69. The molecule has 16 heavy (non-hydrogen) atoms. The second-order valence-electron chi connectivity index (χ2n) is 4.71. The van der Waals surface area contributed by atoms with E-state index in [0.29, 0.717) is 12.1 Å². The van der Waals surface area contributed by atoms with Gasteiger partial charge in [0.15, 0.2) is 5.17 Å². The zero-order chi connectivity index (χ0) is 11.4. The fraction of sp³-hybridized carbons (Fsp3) is 0.917. The number of ether oxygens (including phenoxy) is 1. The number of rotatable bonds is 4. The summed E-state index contributed by atoms with van der Waals surface area (Å²) in [5, 5.41) is 4.65. The second kappa shape index (κ2) is 5.92. The lowest BCUT2D eigenvalue weighted by Crippen LogP contribution is -2.39. The van der Waals surface area contributed by atoms with Crippen LogP contribution in [0.1, 0.15) is 32.6 Å². The Hall–Kier alpha value is -0.220. The molecular formula is C12H22N2OS. The molecule has 0 spiro atoms. The Kier molecular flexibility index (Phi) is 4.53. The average Bonchev–Trinajstić information content (AvgIpc) is 2.75. The predicted octanol–water partition coefficient (Wildman–Crippen LogP) is 2.27. The standard InChI is InChI=1S/C12H22N2OS/c1-3-10(7-15-2)13-12-14-11-6-4-5-9(11)8-16-12/h9-11H,3-8H2,1-2H3,(H,13,14). The molecule has 2 aliphatic rings. The van der Waals surface area contributed by atoms with Crippen molar-refractivity contribution in [2.45, 2.75) is 44.7 Å². The molecule has 3 nitrogen and oxygen atoms in total. The normalized spacial score (nSPS) is 30.8. The average molecular weight is 242 g/mol. The Balaban J connectivity index is 1.89. The van der Waals surface area contributed by atoms with Gasteiger partial charge in [0.1, 0.15) is 0 Å². The van der Waals surface area contributed by atoms with Crippen LogP contribution < -0.4 is 5.32 Å². The maximum absolute atomic E-state index is 5.20. The lowest BCUT2D eigenvalue weighted by molar-refractivity contribution is 0.172. The molecule has 0 aromatic rings. The first kappa shape index (κ1) is 12.2. The number of amidine groups is 1. The molecule has 1 aliphatic heterocycles. The van der Waals surface area contributed by atoms with Crippen molar-refractivity contribution in [1.29, 1.82) is 0 Å². The molecule has 0 amide bonds. The first-order chi connectivity index (χ1) is 7.83. The molecule has 0 aromatic heterocycles. The van der Waals surface area contributed by atoms with Crippen LogP contribution >= 0.6 is 11.8 Å². The molecule has 0 saturated heterocycles. The fourth-order valence-electron chi connectivity index (χ4n) is 2.47. The van der Waals surface area contributed by atoms with E-state index in [1.807, 2.05) is 11.8 Å². The molecule has 1 heterocycles. The summed E-state index contributed by atoms with van der Waals surface area (Å²) >= 11 is 1.89. The van der Waals surface area contributed by atoms with E-state index in [4.69, 9.17) is 9.73 Å². The van der Waals surface area contributed by atoms with E-state index in [0.717, 1.165) is 24.1 Å². The first-order valence-electron chi connectivity index (χ1n) is 6.29. The lowest BCUT2D eigenvalue weighted by atomic mass is 10.1. The van der Waals surface area contributed by atoms with Gasteiger partial charge in [0.25, 0.3) is 0 Å². The maximum atomic E-state index is 5.20. The zero-order valence-electron chi connectivity index (χ0n) is 10.2. The van der Waals surface area contributed by atoms with E-state index in [-0.39, 0.29) is 0 Å². The van der Waals surface area contributed by atoms with Crippen LogP contribution in [-0.4, -0.2) is 36.7 Å². The Morgan fingerprint density at radius 2 is 2.44 bits per heavy atom. The smallest absolute Gasteiger partial charge is 0.157 e. The Bertz CT molecular complexity index is 257. The van der Waals surface area contributed by atoms with Crippen molar-refractivity contribution in [2.24, 2.45) is 10.9 Å². The summed E-state index contributed by atoms with van der Waals surface area (Å²) in [4.78, 5) is 4.83. The number of nitrogens with one attached hydrogen (secondary N) is 1. The van der Waals surface area contributed by atoms with Gasteiger partial charge in [-0.15, -0.1) is 0 Å². The highest BCUT2D eigenvalue weighted by molar-refractivity contribution is 8.13. The topological polar surface area (TPSA) is 33.6 Å². The van der Waals surface area contributed by atoms with Crippen molar-refractivity contribution in [2.75, 3.05) is 19.5 Å². The third-order valence-electron chi connectivity index (χ3n) is 3.52. The third kappa shape index (κ3) is 2.92. The number of nitrogens with zero attached hydrogens (tertiary/aromatic N) is 1. The van der Waals surface area contributed by atoms with Crippen LogP contribution in [0.5, 0.6) is 0 Å². The molecular weight excluding hydrogens is 220 g/mol. The van der Waals surface area contributed by atoms with E-state index >= 15 is 0 Å². The molecule has 0 bridgehead atoms. The van der Waals surface area contributed by atoms with Gasteiger partial charge in [-0.2, -0.15) is 0 Å². The Morgan fingerprint density at radius 3 is 3.19 bits per heavy atom. The SMILES string of the molecule is CCC(COC)NC1=NC2CCCC2CS1. The van der Waals surface area contributed by atoms with E-state index in [1.54, 1.807) is 7.11 Å². The highest BCUT2D eigenvalue weighted by atomic mass is 32.2. The van der Waals surface area contributed by atoms with Crippen LogP contribution in [0.4, 0.5) is 0 Å². The summed E-state index contributed by atoms with van der Waals surface area (Å²) in [6.07, 6.45) is 5.12. The van der Waals surface area contributed by atoms with Gasteiger partial charge < -0.3 is 10.1 Å². The van der Waals surface area contributed by atoms with E-state index < -0.39 is 0 Å². The highest BCUT2D eigenvalue weighted by Crippen LogP contribution is 2.35. The van der Waals surface area contributed by atoms with Crippen molar-refractivity contribution in [3.63, 3.8) is 0 Å². The summed E-state index contributed by atoms with van der Waals surface area (Å²) in [7, 11) is 1.76. The monoisotopic (exact) mass is 242 g/mol. The molecule has 1 fully saturated rings. The highest BCUT2D eigenvalue weighted by Gasteiger charge is 2.31. The van der Waals surface area contributed by atoms with Gasteiger partial charge in [-0.3, -0.25) is 4.99 Å². The van der Waals surface area contributed by atoms with Gasteiger partial charge in [-0.05, 0) is 25.2 Å². The lowest BCUT2D eigenvalue weighted by Gasteiger charge is -2.26. The molecule has 92 valence electrons. The van der Waals surface area contributed by atoms with Crippen molar-refractivity contribution in [3.8, 4) is 0 Å². The first-order valence-corrected chi connectivity index (χ1v) is 7.28. The minimum absolute atomic E-state index is 0.411. The molecule has 0 radical (unpaired) electrons. The molecule has 0 aromatic carbocycles. The van der Waals surface area contributed by atoms with Crippen LogP contribution in [0, 0.1) is 5.92 Å². The van der Waals surface area contributed by atoms with Gasteiger partial charge in [0.05, 0.1) is 18.7 Å². The summed E-state index contributed by atoms with van der Waals surface area (Å²) < 4.78 is 5.20. The van der Waals surface area contributed by atoms with E-state index in [9.17, 15) is 0 Å². The van der Waals surface area contributed by atoms with Gasteiger partial charge >= 0.3 is 0 Å². The number of fused-ring (bicyclic) bond motifs is 1. The Labute approximate surface area is 102 Å². The molecule has 1 N–H and O–H groups in total. The van der Waals surface area contributed by atoms with Crippen LogP contribution in [0.25, 0.3) is 0 Å². The Morgan fingerprint density at radius 1 is 1.56 bits per heavy atom. The number of methoxy groups -OCH3 is 1. The third-order valence-corrected chi connectivity index (χ3v) is 4.62. The molecule has 3 unspecified atom stereocenters. The second-order valence-corrected chi connectivity index (χ2v) is 5.72. The summed E-state index contributed by atoms with van der Waals surface area (Å²) in [6, 6.07) is 1.01. The van der Waals surface area contributed by atoms with Crippen LogP contribution in [0.3, 0.4) is 0 Å². The molecule has 1 aliphatic carbocycles. The van der Waals surface area contributed by atoms with Gasteiger partial charge in [-0.25, -0.2) is 0 Å². The number of aliphatic imine (C=N–C) groups is 1. The quantitative estimate of drug-likeness (QED) is 0.821. The van der Waals surface area contributed by atoms with Gasteiger partial charge in [-0.1, -0.05) is 25.1 Å². The maximum Gasteiger partial charge on any atom is 0.157 e. The number of hydrogen-bond acceptors (Lipinski definition) is 4. The largest absolute Gasteiger partial charge is 0.383 e. The number of hydrogen-bond donors (Lipinski definition) is 1. The zero-order valence-corrected chi connectivity index (χ0v) is 11.1. The summed E-state index contributed by atoms with van der Waals surface area (Å²) in [5.74, 6) is 2.10. The van der Waals surface area contributed by atoms with Gasteiger partial charge in [0.2, 0.25) is 0 Å². The minimum Gasteiger partial charge on any atom is -0.383 e. The van der Waals surface area contributed by atoms with Crippen LogP contribution in [0.15, 0.2) is 4.99 Å². The van der Waals surface area contributed by atoms with Crippen molar-refractivity contribution in [3.05, 3.63) is 0 Å². The number of thioether (sulfide) groups is 1. The molecule has 1 saturated carbocycles. The predicted molar refractivity (Wildman–Crippen MR) is 70.1 cm³/mol. The summed E-state index contributed by atoms with van der Waals surface area (Å²) in [5.41, 5.74) is 0. The van der Waals surface area contributed by atoms with Crippen molar-refractivity contribution in [1.82, 2.24) is 5.32 Å². The van der Waals surface area contributed by atoms with Crippen molar-refractivity contribution < 1.29 is 4.74 Å². The van der Waals surface area contributed by atoms with Gasteiger partial charge in [0, 0.05) is 12.9 Å². The van der Waals surface area contributed by atoms with Crippen LogP contribution in [-0.2, 0) is 4.74 Å². The van der Waals surface area contributed by atoms with Crippen molar-refractivity contribution >= 4 is 16.9 Å². The minimum atomic E-state index is 0.411. The van der Waals surface area contributed by atoms with E-state index in [2.05, 4.69) is 12.2 Å². The molecule has 4 heteroatoms. The molecule has 2 rings (SSSR count). The molecule has 3 atom stereocenters.